The third-order valence-corrected chi connectivity index (χ3v) is 5.56. The SMILES string of the molecule is C=NC(NCCOCC)C(/C=C/N1CCCC1)C(=O)NC1C=c2ccc(=O)[nH]c2=CC1. The number of hydrogen-bond acceptors (Lipinski definition) is 6. The highest BCUT2D eigenvalue weighted by molar-refractivity contribution is 5.82. The lowest BCUT2D eigenvalue weighted by molar-refractivity contribution is -0.124. The molecule has 3 atom stereocenters. The lowest BCUT2D eigenvalue weighted by Gasteiger charge is -2.25. The van der Waals surface area contributed by atoms with E-state index < -0.39 is 12.1 Å². The van der Waals surface area contributed by atoms with E-state index in [4.69, 9.17) is 4.74 Å². The number of fused-ring (bicyclic) bond motifs is 1. The number of carbonyl (C=O) groups is 1. The quantitative estimate of drug-likeness (QED) is 0.333. The van der Waals surface area contributed by atoms with Crippen molar-refractivity contribution in [1.82, 2.24) is 20.5 Å². The summed E-state index contributed by atoms with van der Waals surface area (Å²) in [4.78, 5) is 34.0. The smallest absolute Gasteiger partial charge is 0.248 e. The fourth-order valence-electron chi connectivity index (χ4n) is 3.89. The summed E-state index contributed by atoms with van der Waals surface area (Å²) >= 11 is 0. The van der Waals surface area contributed by atoms with Gasteiger partial charge in [-0.05, 0) is 50.4 Å². The Morgan fingerprint density at radius 1 is 1.42 bits per heavy atom. The average Bonchev–Trinajstić information content (AvgIpc) is 3.29. The van der Waals surface area contributed by atoms with Gasteiger partial charge >= 0.3 is 0 Å². The number of nitrogens with one attached hydrogen (secondary N) is 3. The zero-order valence-corrected chi connectivity index (χ0v) is 18.2. The minimum absolute atomic E-state index is 0.112. The summed E-state index contributed by atoms with van der Waals surface area (Å²) in [5.74, 6) is -0.607. The van der Waals surface area contributed by atoms with E-state index in [2.05, 4.69) is 32.2 Å². The predicted octanol–water partition coefficient (Wildman–Crippen LogP) is -0.297. The summed E-state index contributed by atoms with van der Waals surface area (Å²) in [5.41, 5.74) is -0.129. The molecule has 1 amide bonds. The van der Waals surface area contributed by atoms with E-state index in [1.165, 1.54) is 18.9 Å². The molecule has 3 unspecified atom stereocenters. The number of aromatic amines is 1. The summed E-state index contributed by atoms with van der Waals surface area (Å²) in [5, 5.41) is 8.11. The zero-order valence-electron chi connectivity index (χ0n) is 18.2. The number of nitrogens with zero attached hydrogens (tertiary/aromatic N) is 2. The molecule has 0 saturated carbocycles. The molecule has 1 saturated heterocycles. The summed E-state index contributed by atoms with van der Waals surface area (Å²) < 4.78 is 5.39. The number of rotatable bonds is 11. The van der Waals surface area contributed by atoms with Gasteiger partial charge < -0.3 is 19.9 Å². The Bertz CT molecular complexity index is 949. The molecule has 2 aliphatic rings. The van der Waals surface area contributed by atoms with Crippen LogP contribution in [0.5, 0.6) is 0 Å². The Hall–Kier alpha value is -2.71. The maximum Gasteiger partial charge on any atom is 0.248 e. The van der Waals surface area contributed by atoms with Gasteiger partial charge in [-0.1, -0.05) is 18.2 Å². The number of pyridine rings is 1. The number of aromatic nitrogens is 1. The van der Waals surface area contributed by atoms with E-state index in [9.17, 15) is 9.59 Å². The predicted molar refractivity (Wildman–Crippen MR) is 123 cm³/mol. The van der Waals surface area contributed by atoms with E-state index in [0.29, 0.717) is 26.2 Å². The van der Waals surface area contributed by atoms with E-state index >= 15 is 0 Å². The molecule has 0 aromatic carbocycles. The first-order valence-corrected chi connectivity index (χ1v) is 11.0. The Morgan fingerprint density at radius 2 is 2.23 bits per heavy atom. The molecule has 8 heteroatoms. The molecule has 168 valence electrons. The summed E-state index contributed by atoms with van der Waals surface area (Å²) in [6.45, 7) is 9.45. The second-order valence-electron chi connectivity index (χ2n) is 7.80. The maximum atomic E-state index is 13.2. The van der Waals surface area contributed by atoms with Crippen molar-refractivity contribution in [2.75, 3.05) is 32.8 Å². The van der Waals surface area contributed by atoms with E-state index in [0.717, 1.165) is 23.7 Å². The molecule has 1 aliphatic carbocycles. The van der Waals surface area contributed by atoms with Gasteiger partial charge in [0.1, 0.15) is 6.17 Å². The van der Waals surface area contributed by atoms with Gasteiger partial charge in [0.05, 0.1) is 18.6 Å². The van der Waals surface area contributed by atoms with Crippen LogP contribution in [0.2, 0.25) is 0 Å². The van der Waals surface area contributed by atoms with Gasteiger partial charge in [-0.2, -0.15) is 0 Å². The van der Waals surface area contributed by atoms with Crippen LogP contribution >= 0.6 is 0 Å². The lowest BCUT2D eigenvalue weighted by Crippen LogP contribution is -2.48. The van der Waals surface area contributed by atoms with Crippen LogP contribution in [0.4, 0.5) is 0 Å². The van der Waals surface area contributed by atoms with Crippen molar-refractivity contribution in [2.24, 2.45) is 10.9 Å². The van der Waals surface area contributed by atoms with E-state index in [1.54, 1.807) is 6.07 Å². The standard InChI is InChI=1S/C23H33N5O3/c1-3-31-15-11-25-22(24-2)19(10-14-28-12-4-5-13-28)23(30)26-18-7-8-20-17(16-18)6-9-21(29)27-20/h6,8-10,14,16,18-19,22,25H,2-5,7,11-13,15H2,1H3,(H,26,30)(H,27,29)/b14-10+. The molecule has 2 heterocycles. The van der Waals surface area contributed by atoms with Gasteiger partial charge in [-0.25, -0.2) is 0 Å². The first kappa shape index (κ1) is 23.0. The van der Waals surface area contributed by atoms with Crippen molar-refractivity contribution in [2.45, 2.75) is 38.4 Å². The molecular weight excluding hydrogens is 394 g/mol. The normalized spacial score (nSPS) is 19.9. The van der Waals surface area contributed by atoms with Crippen LogP contribution in [-0.4, -0.2) is 67.6 Å². The monoisotopic (exact) mass is 427 g/mol. The number of likely N-dealkylation sites (tertiary alicyclic amines) is 1. The fourth-order valence-corrected chi connectivity index (χ4v) is 3.89. The average molecular weight is 428 g/mol. The Labute approximate surface area is 182 Å². The molecular formula is C23H33N5O3. The lowest BCUT2D eigenvalue weighted by atomic mass is 10.0. The zero-order chi connectivity index (χ0) is 22.1. The largest absolute Gasteiger partial charge is 0.380 e. The van der Waals surface area contributed by atoms with Crippen molar-refractivity contribution < 1.29 is 9.53 Å². The summed E-state index contributed by atoms with van der Waals surface area (Å²) in [6, 6.07) is 3.12. The second-order valence-corrected chi connectivity index (χ2v) is 7.80. The van der Waals surface area contributed by atoms with Crippen LogP contribution in [-0.2, 0) is 9.53 Å². The number of aliphatic imine (C=N–C) groups is 1. The van der Waals surface area contributed by atoms with Gasteiger partial charge in [-0.15, -0.1) is 0 Å². The number of amides is 1. The number of ether oxygens (including phenoxy) is 1. The highest BCUT2D eigenvalue weighted by atomic mass is 16.5. The van der Waals surface area contributed by atoms with Crippen LogP contribution in [0.3, 0.4) is 0 Å². The highest BCUT2D eigenvalue weighted by Gasteiger charge is 2.27. The molecule has 1 aliphatic heterocycles. The van der Waals surface area contributed by atoms with Crippen molar-refractivity contribution >= 4 is 24.8 Å². The van der Waals surface area contributed by atoms with Crippen LogP contribution in [0.1, 0.15) is 26.2 Å². The minimum Gasteiger partial charge on any atom is -0.380 e. The molecule has 31 heavy (non-hydrogen) atoms. The van der Waals surface area contributed by atoms with Gasteiger partial charge in [-0.3, -0.25) is 19.9 Å². The second kappa shape index (κ2) is 11.6. The summed E-state index contributed by atoms with van der Waals surface area (Å²) in [7, 11) is 0. The third kappa shape index (κ3) is 6.63. The van der Waals surface area contributed by atoms with Crippen molar-refractivity contribution in [1.29, 1.82) is 0 Å². The maximum absolute atomic E-state index is 13.2. The van der Waals surface area contributed by atoms with Gasteiger partial charge in [0.15, 0.2) is 0 Å². The molecule has 1 fully saturated rings. The van der Waals surface area contributed by atoms with Crippen molar-refractivity contribution in [3.63, 3.8) is 0 Å². The Balaban J connectivity index is 1.71. The van der Waals surface area contributed by atoms with Gasteiger partial charge in [0.25, 0.3) is 0 Å². The minimum atomic E-state index is -0.495. The molecule has 1 aromatic rings. The first-order valence-electron chi connectivity index (χ1n) is 11.0. The van der Waals surface area contributed by atoms with Gasteiger partial charge in [0.2, 0.25) is 11.5 Å². The number of hydrogen-bond donors (Lipinski definition) is 3. The third-order valence-electron chi connectivity index (χ3n) is 5.56. The Kier molecular flexibility index (Phi) is 8.61. The summed E-state index contributed by atoms with van der Waals surface area (Å²) in [6.07, 6.45) is 10.4. The van der Waals surface area contributed by atoms with E-state index in [-0.39, 0.29) is 17.5 Å². The van der Waals surface area contributed by atoms with Crippen LogP contribution in [0.25, 0.3) is 12.2 Å². The molecule has 3 N–H and O–H groups in total. The topological polar surface area (TPSA) is 98.8 Å². The van der Waals surface area contributed by atoms with Crippen molar-refractivity contribution in [3.8, 4) is 0 Å². The molecule has 3 rings (SSSR count). The number of carbonyl (C=O) groups excluding carboxylic acids is 1. The van der Waals surface area contributed by atoms with Crippen molar-refractivity contribution in [3.05, 3.63) is 45.3 Å². The van der Waals surface area contributed by atoms with Gasteiger partial charge in [0, 0.05) is 37.7 Å². The highest BCUT2D eigenvalue weighted by Crippen LogP contribution is 2.13. The van der Waals surface area contributed by atoms with Crippen LogP contribution in [0, 0.1) is 5.92 Å². The molecule has 0 radical (unpaired) electrons. The van der Waals surface area contributed by atoms with Crippen LogP contribution in [0.15, 0.2) is 34.2 Å². The number of H-pyrrole nitrogens is 1. The molecule has 0 spiro atoms. The van der Waals surface area contributed by atoms with E-state index in [1.807, 2.05) is 31.4 Å². The molecule has 0 bridgehead atoms. The Morgan fingerprint density at radius 3 is 2.97 bits per heavy atom. The first-order chi connectivity index (χ1) is 15.1. The molecule has 8 nitrogen and oxygen atoms in total. The van der Waals surface area contributed by atoms with Crippen LogP contribution < -0.4 is 26.8 Å². The fraction of sp³-hybridized carbons (Fsp3) is 0.522. The molecule has 1 aromatic heterocycles.